The van der Waals surface area contributed by atoms with E-state index in [1.807, 2.05) is 24.3 Å². The molecule has 0 fully saturated rings. The topological polar surface area (TPSA) is 76.8 Å². The van der Waals surface area contributed by atoms with Crippen LogP contribution in [-0.4, -0.2) is 20.4 Å². The van der Waals surface area contributed by atoms with E-state index in [4.69, 9.17) is 9.15 Å². The van der Waals surface area contributed by atoms with E-state index in [-0.39, 0.29) is 6.61 Å². The van der Waals surface area contributed by atoms with E-state index in [1.54, 1.807) is 18.3 Å². The summed E-state index contributed by atoms with van der Waals surface area (Å²) >= 11 is 0. The second-order valence-corrected chi connectivity index (χ2v) is 7.73. The number of halogens is 3. The summed E-state index contributed by atoms with van der Waals surface area (Å²) in [5.41, 5.74) is 2.77. The number of aromatic amines is 1. The van der Waals surface area contributed by atoms with Crippen molar-refractivity contribution in [3.63, 3.8) is 0 Å². The number of ether oxygens (including phenoxy) is 1. The van der Waals surface area contributed by atoms with Gasteiger partial charge >= 0.3 is 6.18 Å². The van der Waals surface area contributed by atoms with E-state index >= 15 is 0 Å². The average molecular weight is 468 g/mol. The van der Waals surface area contributed by atoms with Crippen LogP contribution >= 0.6 is 0 Å². The number of oxazole rings is 1. The maximum absolute atomic E-state index is 12.6. The second-order valence-electron chi connectivity index (χ2n) is 7.73. The van der Waals surface area contributed by atoms with Gasteiger partial charge in [-0.2, -0.15) is 28.6 Å². The molecular formula is C25H23F3N4O2. The van der Waals surface area contributed by atoms with Gasteiger partial charge in [-0.3, -0.25) is 0 Å². The zero-order valence-electron chi connectivity index (χ0n) is 18.3. The molecule has 4 rings (SSSR count). The predicted octanol–water partition coefficient (Wildman–Crippen LogP) is 6.13. The van der Waals surface area contributed by atoms with Crippen molar-refractivity contribution < 1.29 is 22.3 Å². The quantitative estimate of drug-likeness (QED) is 0.284. The first-order chi connectivity index (χ1) is 16.5. The molecule has 2 aromatic heterocycles. The van der Waals surface area contributed by atoms with Crippen LogP contribution in [0.4, 0.5) is 13.2 Å². The van der Waals surface area contributed by atoms with Crippen LogP contribution in [-0.2, 0) is 25.6 Å². The van der Waals surface area contributed by atoms with Crippen LogP contribution in [0.15, 0.2) is 65.4 Å². The fourth-order valence-corrected chi connectivity index (χ4v) is 3.31. The number of hydrogen-bond acceptors (Lipinski definition) is 5. The summed E-state index contributed by atoms with van der Waals surface area (Å²) in [7, 11) is 0. The minimum Gasteiger partial charge on any atom is -0.487 e. The van der Waals surface area contributed by atoms with Crippen molar-refractivity contribution in [3.05, 3.63) is 95.0 Å². The van der Waals surface area contributed by atoms with E-state index in [1.165, 1.54) is 24.0 Å². The number of hydrogen-bond donors (Lipinski definition) is 1. The lowest BCUT2D eigenvalue weighted by atomic mass is 10.1. The number of aryl methyl sites for hydroxylation is 2. The van der Waals surface area contributed by atoms with Crippen LogP contribution in [0.1, 0.15) is 46.8 Å². The molecule has 9 heteroatoms. The van der Waals surface area contributed by atoms with Crippen molar-refractivity contribution in [2.75, 3.05) is 0 Å². The molecule has 0 saturated carbocycles. The van der Waals surface area contributed by atoms with Crippen LogP contribution in [0.5, 0.6) is 5.75 Å². The van der Waals surface area contributed by atoms with Gasteiger partial charge in [0.1, 0.15) is 24.3 Å². The van der Waals surface area contributed by atoms with E-state index in [9.17, 15) is 13.2 Å². The van der Waals surface area contributed by atoms with E-state index < -0.39 is 11.7 Å². The number of aromatic nitrogens is 4. The van der Waals surface area contributed by atoms with Gasteiger partial charge in [0.25, 0.3) is 0 Å². The number of rotatable bonds is 10. The minimum atomic E-state index is -4.35. The van der Waals surface area contributed by atoms with Crippen molar-refractivity contribution in [2.24, 2.45) is 0 Å². The predicted molar refractivity (Wildman–Crippen MR) is 121 cm³/mol. The summed E-state index contributed by atoms with van der Waals surface area (Å²) in [6.07, 6.45) is 6.15. The van der Waals surface area contributed by atoms with Crippen molar-refractivity contribution in [1.82, 2.24) is 20.4 Å². The van der Waals surface area contributed by atoms with Crippen molar-refractivity contribution in [2.45, 2.75) is 38.5 Å². The highest BCUT2D eigenvalue weighted by Gasteiger charge is 2.29. The number of nitrogens with one attached hydrogen (secondary N) is 1. The molecule has 0 unspecified atom stereocenters. The molecule has 0 aliphatic rings. The molecule has 2 heterocycles. The first-order valence-corrected chi connectivity index (χ1v) is 10.8. The third kappa shape index (κ3) is 6.81. The largest absolute Gasteiger partial charge is 0.487 e. The highest BCUT2D eigenvalue weighted by atomic mass is 19.4. The van der Waals surface area contributed by atoms with Crippen molar-refractivity contribution in [3.8, 4) is 5.75 Å². The molecule has 4 aromatic rings. The summed E-state index contributed by atoms with van der Waals surface area (Å²) in [5, 5.41) is 10.5. The Morgan fingerprint density at radius 3 is 2.38 bits per heavy atom. The standard InChI is InChI=1S/C25H23F3N4O2/c26-25(27,28)20-10-5-19(6-11-20)9-14-24-30-22(17-34-24)16-33-23-12-7-18(8-13-23)3-1-2-4-21-15-29-32-31-21/h5-15,17H,1-4,16H2,(H,29,31,32)/b14-9+. The van der Waals surface area contributed by atoms with Crippen LogP contribution in [0.2, 0.25) is 0 Å². The summed E-state index contributed by atoms with van der Waals surface area (Å²) in [6.45, 7) is 0.245. The summed E-state index contributed by atoms with van der Waals surface area (Å²) < 4.78 is 49.1. The lowest BCUT2D eigenvalue weighted by molar-refractivity contribution is -0.137. The maximum Gasteiger partial charge on any atom is 0.416 e. The zero-order valence-corrected chi connectivity index (χ0v) is 18.3. The molecule has 1 N–H and O–H groups in total. The molecule has 0 aliphatic heterocycles. The molecule has 34 heavy (non-hydrogen) atoms. The lowest BCUT2D eigenvalue weighted by Crippen LogP contribution is -2.03. The molecule has 0 amide bonds. The molecular weight excluding hydrogens is 445 g/mol. The van der Waals surface area contributed by atoms with Gasteiger partial charge < -0.3 is 9.15 Å². The number of unbranched alkanes of at least 4 members (excludes halogenated alkanes) is 1. The van der Waals surface area contributed by atoms with Gasteiger partial charge in [-0.25, -0.2) is 4.98 Å². The first kappa shape index (κ1) is 23.3. The molecule has 6 nitrogen and oxygen atoms in total. The van der Waals surface area contributed by atoms with Gasteiger partial charge in [-0.05, 0) is 67.2 Å². The van der Waals surface area contributed by atoms with E-state index in [0.717, 1.165) is 49.3 Å². The van der Waals surface area contributed by atoms with Gasteiger partial charge in [0, 0.05) is 6.08 Å². The van der Waals surface area contributed by atoms with Gasteiger partial charge in [-0.15, -0.1) is 0 Å². The third-order valence-corrected chi connectivity index (χ3v) is 5.15. The van der Waals surface area contributed by atoms with Gasteiger partial charge in [0.05, 0.1) is 17.5 Å². The highest BCUT2D eigenvalue weighted by Crippen LogP contribution is 2.29. The van der Waals surface area contributed by atoms with Gasteiger partial charge in [0.15, 0.2) is 0 Å². The molecule has 0 aliphatic carbocycles. The Bertz CT molecular complexity index is 1180. The Morgan fingerprint density at radius 2 is 1.68 bits per heavy atom. The molecule has 0 radical (unpaired) electrons. The zero-order chi connectivity index (χ0) is 23.8. The molecule has 0 bridgehead atoms. The summed E-state index contributed by atoms with van der Waals surface area (Å²) in [4.78, 5) is 4.32. The Morgan fingerprint density at radius 1 is 0.912 bits per heavy atom. The molecule has 176 valence electrons. The Labute approximate surface area is 194 Å². The average Bonchev–Trinajstić information content (AvgIpc) is 3.52. The van der Waals surface area contributed by atoms with Crippen LogP contribution in [0.3, 0.4) is 0 Å². The number of benzene rings is 2. The van der Waals surface area contributed by atoms with Gasteiger partial charge in [-0.1, -0.05) is 24.3 Å². The first-order valence-electron chi connectivity index (χ1n) is 10.8. The van der Waals surface area contributed by atoms with Crippen molar-refractivity contribution >= 4 is 12.2 Å². The normalized spacial score (nSPS) is 11.9. The fourth-order valence-electron chi connectivity index (χ4n) is 3.31. The Hall–Kier alpha value is -3.88. The minimum absolute atomic E-state index is 0.245. The monoisotopic (exact) mass is 468 g/mol. The second kappa shape index (κ2) is 10.8. The summed E-state index contributed by atoms with van der Waals surface area (Å²) in [6, 6.07) is 12.8. The third-order valence-electron chi connectivity index (χ3n) is 5.15. The molecule has 0 spiro atoms. The van der Waals surface area contributed by atoms with Crippen LogP contribution < -0.4 is 4.74 Å². The van der Waals surface area contributed by atoms with E-state index in [2.05, 4.69) is 20.4 Å². The van der Waals surface area contributed by atoms with Crippen LogP contribution in [0.25, 0.3) is 12.2 Å². The Kier molecular flexibility index (Phi) is 7.41. The number of nitrogens with zero attached hydrogens (tertiary/aromatic N) is 3. The SMILES string of the molecule is FC(F)(F)c1ccc(/C=C/c2nc(COc3ccc(CCCCc4cn[nH]n4)cc3)co2)cc1. The highest BCUT2D eigenvalue weighted by molar-refractivity contribution is 5.66. The maximum atomic E-state index is 12.6. The van der Waals surface area contributed by atoms with Gasteiger partial charge in [0.2, 0.25) is 5.89 Å². The van der Waals surface area contributed by atoms with Crippen molar-refractivity contribution in [1.29, 1.82) is 0 Å². The van der Waals surface area contributed by atoms with E-state index in [0.29, 0.717) is 17.1 Å². The molecule has 2 aromatic carbocycles. The Balaban J connectivity index is 1.21. The lowest BCUT2D eigenvalue weighted by Gasteiger charge is -2.06. The molecule has 0 atom stereocenters. The fraction of sp³-hybridized carbons (Fsp3) is 0.240. The smallest absolute Gasteiger partial charge is 0.416 e. The summed E-state index contributed by atoms with van der Waals surface area (Å²) in [5.74, 6) is 1.08. The number of H-pyrrole nitrogens is 1. The number of alkyl halides is 3. The molecule has 0 saturated heterocycles. The van der Waals surface area contributed by atoms with Crippen LogP contribution in [0, 0.1) is 0 Å².